The van der Waals surface area contributed by atoms with Crippen LogP contribution < -0.4 is 16.0 Å². The number of anilines is 3. The van der Waals surface area contributed by atoms with Crippen molar-refractivity contribution < 1.29 is 9.47 Å². The quantitative estimate of drug-likeness (QED) is 0.601. The smallest absolute Gasteiger partial charge is 0.159 e. The molecule has 0 spiro atoms. The number of ether oxygens (including phenoxy) is 2. The molecule has 144 valence electrons. The van der Waals surface area contributed by atoms with Crippen molar-refractivity contribution in [2.75, 3.05) is 50.6 Å². The minimum absolute atomic E-state index is 0.0579. The molecule has 10 heteroatoms. The molecule has 0 aromatic carbocycles. The van der Waals surface area contributed by atoms with Crippen LogP contribution in [0, 0.1) is 23.2 Å². The summed E-state index contributed by atoms with van der Waals surface area (Å²) < 4.78 is 10.7. The fraction of sp³-hybridized carbons (Fsp3) is 0.389. The van der Waals surface area contributed by atoms with Crippen molar-refractivity contribution in [2.24, 2.45) is 0 Å². The van der Waals surface area contributed by atoms with E-state index in [-0.39, 0.29) is 11.8 Å². The van der Waals surface area contributed by atoms with Gasteiger partial charge >= 0.3 is 0 Å². The summed E-state index contributed by atoms with van der Waals surface area (Å²) in [7, 11) is 1.58. The Morgan fingerprint density at radius 3 is 2.96 bits per heavy atom. The van der Waals surface area contributed by atoms with E-state index >= 15 is 0 Å². The lowest BCUT2D eigenvalue weighted by Crippen LogP contribution is -2.42. The number of nitrogens with one attached hydrogen (secondary N) is 3. The highest BCUT2D eigenvalue weighted by Crippen LogP contribution is 2.18. The van der Waals surface area contributed by atoms with Crippen LogP contribution in [-0.4, -0.2) is 66.2 Å². The molecule has 1 saturated heterocycles. The van der Waals surface area contributed by atoms with E-state index in [0.29, 0.717) is 37.1 Å². The van der Waals surface area contributed by atoms with Crippen molar-refractivity contribution >= 4 is 17.3 Å². The summed E-state index contributed by atoms with van der Waals surface area (Å²) in [6.45, 7) is 3.24. The summed E-state index contributed by atoms with van der Waals surface area (Å²) in [6, 6.07) is 3.72. The van der Waals surface area contributed by atoms with Crippen LogP contribution in [0.3, 0.4) is 0 Å². The number of methoxy groups -OCH3 is 1. The van der Waals surface area contributed by atoms with E-state index in [4.69, 9.17) is 14.7 Å². The van der Waals surface area contributed by atoms with Gasteiger partial charge in [-0.15, -0.1) is 10.2 Å². The molecule has 3 heterocycles. The SMILES string of the molecule is COCC#Cc1nnc(Nc2cnc(C#N)cn2)cc1NC[C@H]1CNCCO1. The molecule has 0 bridgehead atoms. The molecule has 0 saturated carbocycles. The number of rotatable bonds is 6. The molecular formula is C18H20N8O2. The summed E-state index contributed by atoms with van der Waals surface area (Å²) in [6.07, 6.45) is 2.90. The maximum absolute atomic E-state index is 8.80. The number of hydrogen-bond donors (Lipinski definition) is 3. The third-order valence-electron chi connectivity index (χ3n) is 3.76. The van der Waals surface area contributed by atoms with Crippen molar-refractivity contribution in [3.63, 3.8) is 0 Å². The molecule has 0 amide bonds. The molecule has 3 rings (SSSR count). The van der Waals surface area contributed by atoms with Gasteiger partial charge in [-0.3, -0.25) is 0 Å². The van der Waals surface area contributed by atoms with Crippen LogP contribution in [0.5, 0.6) is 0 Å². The zero-order valence-corrected chi connectivity index (χ0v) is 15.4. The lowest BCUT2D eigenvalue weighted by Gasteiger charge is -2.24. The average molecular weight is 380 g/mol. The van der Waals surface area contributed by atoms with Crippen LogP contribution in [0.4, 0.5) is 17.3 Å². The summed E-state index contributed by atoms with van der Waals surface area (Å²) in [4.78, 5) is 8.09. The zero-order chi connectivity index (χ0) is 19.6. The van der Waals surface area contributed by atoms with Gasteiger partial charge in [0.1, 0.15) is 18.5 Å². The van der Waals surface area contributed by atoms with E-state index in [1.165, 1.54) is 12.4 Å². The highest BCUT2D eigenvalue weighted by Gasteiger charge is 2.14. The first kappa shape index (κ1) is 19.5. The normalized spacial score (nSPS) is 15.8. The van der Waals surface area contributed by atoms with E-state index in [2.05, 4.69) is 48.0 Å². The van der Waals surface area contributed by atoms with Crippen molar-refractivity contribution in [3.8, 4) is 17.9 Å². The fourth-order valence-corrected chi connectivity index (χ4v) is 2.43. The van der Waals surface area contributed by atoms with Crippen molar-refractivity contribution in [1.82, 2.24) is 25.5 Å². The molecule has 2 aromatic rings. The van der Waals surface area contributed by atoms with Crippen LogP contribution in [0.1, 0.15) is 11.4 Å². The monoisotopic (exact) mass is 380 g/mol. The van der Waals surface area contributed by atoms with E-state index in [1.807, 2.05) is 6.07 Å². The Balaban J connectivity index is 1.75. The van der Waals surface area contributed by atoms with Gasteiger partial charge in [0.15, 0.2) is 17.2 Å². The fourth-order valence-electron chi connectivity index (χ4n) is 2.43. The lowest BCUT2D eigenvalue weighted by molar-refractivity contribution is 0.0372. The molecular weight excluding hydrogens is 360 g/mol. The lowest BCUT2D eigenvalue weighted by atomic mass is 10.2. The average Bonchev–Trinajstić information content (AvgIpc) is 2.75. The molecule has 28 heavy (non-hydrogen) atoms. The van der Waals surface area contributed by atoms with Crippen molar-refractivity contribution in [2.45, 2.75) is 6.10 Å². The Kier molecular flexibility index (Phi) is 7.04. The third-order valence-corrected chi connectivity index (χ3v) is 3.76. The molecule has 10 nitrogen and oxygen atoms in total. The largest absolute Gasteiger partial charge is 0.380 e. The van der Waals surface area contributed by atoms with Crippen LogP contribution in [-0.2, 0) is 9.47 Å². The van der Waals surface area contributed by atoms with Crippen LogP contribution in [0.25, 0.3) is 0 Å². The Bertz CT molecular complexity index is 879. The number of nitrogens with zero attached hydrogens (tertiary/aromatic N) is 5. The number of hydrogen-bond acceptors (Lipinski definition) is 10. The van der Waals surface area contributed by atoms with Crippen LogP contribution in [0.2, 0.25) is 0 Å². The summed E-state index contributed by atoms with van der Waals surface area (Å²) >= 11 is 0. The van der Waals surface area contributed by atoms with Gasteiger partial charge in [-0.25, -0.2) is 9.97 Å². The number of aromatic nitrogens is 4. The van der Waals surface area contributed by atoms with Crippen LogP contribution in [0.15, 0.2) is 18.5 Å². The van der Waals surface area contributed by atoms with Crippen molar-refractivity contribution in [1.29, 1.82) is 5.26 Å². The van der Waals surface area contributed by atoms with Crippen molar-refractivity contribution in [3.05, 3.63) is 29.8 Å². The Morgan fingerprint density at radius 1 is 1.32 bits per heavy atom. The Labute approximate surface area is 162 Å². The Morgan fingerprint density at radius 2 is 2.25 bits per heavy atom. The van der Waals surface area contributed by atoms with Gasteiger partial charge in [-0.1, -0.05) is 5.92 Å². The summed E-state index contributed by atoms with van der Waals surface area (Å²) in [5.74, 6) is 6.76. The van der Waals surface area contributed by atoms with Gasteiger partial charge in [0.25, 0.3) is 0 Å². The second kappa shape index (κ2) is 10.1. The first-order valence-electron chi connectivity index (χ1n) is 8.69. The van der Waals surface area contributed by atoms with Gasteiger partial charge in [-0.2, -0.15) is 5.26 Å². The van der Waals surface area contributed by atoms with Gasteiger partial charge in [0.2, 0.25) is 0 Å². The van der Waals surface area contributed by atoms with Gasteiger partial charge in [0, 0.05) is 32.8 Å². The minimum atomic E-state index is 0.0579. The van der Waals surface area contributed by atoms with Gasteiger partial charge in [0.05, 0.1) is 30.8 Å². The molecule has 2 aromatic heterocycles. The maximum Gasteiger partial charge on any atom is 0.159 e. The highest BCUT2D eigenvalue weighted by molar-refractivity contribution is 5.62. The molecule has 0 unspecified atom stereocenters. The van der Waals surface area contributed by atoms with E-state index in [1.54, 1.807) is 13.2 Å². The number of morpholine rings is 1. The summed E-state index contributed by atoms with van der Waals surface area (Å²) in [5, 5.41) is 26.7. The molecule has 1 fully saturated rings. The topological polar surface area (TPSA) is 130 Å². The molecule has 0 aliphatic carbocycles. The molecule has 1 aliphatic heterocycles. The van der Waals surface area contributed by atoms with Gasteiger partial charge in [-0.05, 0) is 5.92 Å². The molecule has 1 atom stereocenters. The third kappa shape index (κ3) is 5.59. The predicted octanol–water partition coefficient (Wildman–Crippen LogP) is 0.280. The van der Waals surface area contributed by atoms with E-state index in [9.17, 15) is 0 Å². The summed E-state index contributed by atoms with van der Waals surface area (Å²) in [5.41, 5.74) is 1.47. The van der Waals surface area contributed by atoms with Gasteiger partial charge < -0.3 is 25.4 Å². The second-order valence-electron chi connectivity index (χ2n) is 5.83. The molecule has 0 radical (unpaired) electrons. The zero-order valence-electron chi connectivity index (χ0n) is 15.4. The van der Waals surface area contributed by atoms with E-state index in [0.717, 1.165) is 18.8 Å². The standard InChI is InChI=1S/C18H20N8O2/c1-27-5-2-3-15-16(22-11-14-10-20-4-6-28-14)7-17(26-25-15)24-18-12-21-13(8-19)9-23-18/h7,9,12,14,20H,4-6,10-11H2,1H3,(H2,22,23,24,26)/t14-/m1/s1. The van der Waals surface area contributed by atoms with E-state index < -0.39 is 0 Å². The maximum atomic E-state index is 8.80. The van der Waals surface area contributed by atoms with Crippen LogP contribution >= 0.6 is 0 Å². The Hall–Kier alpha value is -3.31. The highest BCUT2D eigenvalue weighted by atomic mass is 16.5. The first-order chi connectivity index (χ1) is 13.8. The second-order valence-corrected chi connectivity index (χ2v) is 5.83. The number of nitriles is 1. The molecule has 3 N–H and O–H groups in total. The predicted molar refractivity (Wildman–Crippen MR) is 102 cm³/mol. The first-order valence-corrected chi connectivity index (χ1v) is 8.69. The molecule has 1 aliphatic rings. The minimum Gasteiger partial charge on any atom is -0.380 e.